The molecule has 1 atom stereocenters. The van der Waals surface area contributed by atoms with E-state index in [9.17, 15) is 14.4 Å². The number of unbranched alkanes of at least 4 members (excludes halogenated alkanes) is 12. The van der Waals surface area contributed by atoms with Gasteiger partial charge in [-0.15, -0.1) is 0 Å². The van der Waals surface area contributed by atoms with Crippen molar-refractivity contribution in [2.24, 2.45) is 0 Å². The maximum Gasteiger partial charge on any atom is 0.306 e. The Morgan fingerprint density at radius 1 is 0.344 bits per heavy atom. The summed E-state index contributed by atoms with van der Waals surface area (Å²) < 4.78 is 16.7. The minimum absolute atomic E-state index is 0.129. The average Bonchev–Trinajstić information content (AvgIpc) is 3.29. The van der Waals surface area contributed by atoms with Crippen LogP contribution in [0.2, 0.25) is 0 Å². The molecular formula is C58H88O6. The minimum Gasteiger partial charge on any atom is -0.462 e. The molecule has 0 aliphatic carbocycles. The quantitative estimate of drug-likeness (QED) is 0.0200. The Morgan fingerprint density at radius 2 is 0.719 bits per heavy atom. The van der Waals surface area contributed by atoms with Crippen LogP contribution in [0.15, 0.2) is 146 Å². The van der Waals surface area contributed by atoms with Crippen LogP contribution < -0.4 is 0 Å². The van der Waals surface area contributed by atoms with Crippen molar-refractivity contribution in [3.8, 4) is 0 Å². The van der Waals surface area contributed by atoms with E-state index in [1.165, 1.54) is 19.3 Å². The van der Waals surface area contributed by atoms with Gasteiger partial charge in [0.05, 0.1) is 0 Å². The van der Waals surface area contributed by atoms with E-state index >= 15 is 0 Å². The minimum atomic E-state index is -0.835. The zero-order chi connectivity index (χ0) is 46.5. The molecule has 0 aliphatic heterocycles. The van der Waals surface area contributed by atoms with E-state index in [2.05, 4.69) is 130 Å². The van der Waals surface area contributed by atoms with E-state index in [1.807, 2.05) is 36.5 Å². The smallest absolute Gasteiger partial charge is 0.306 e. The van der Waals surface area contributed by atoms with Gasteiger partial charge >= 0.3 is 17.9 Å². The van der Waals surface area contributed by atoms with Gasteiger partial charge in [0.1, 0.15) is 13.2 Å². The Kier molecular flexibility index (Phi) is 47.2. The van der Waals surface area contributed by atoms with E-state index in [1.54, 1.807) is 0 Å². The second kappa shape index (κ2) is 50.9. The molecule has 0 N–H and O–H groups in total. The first-order valence-corrected chi connectivity index (χ1v) is 24.9. The molecule has 1 unspecified atom stereocenters. The summed E-state index contributed by atoms with van der Waals surface area (Å²) in [5.41, 5.74) is 0. The lowest BCUT2D eigenvalue weighted by molar-refractivity contribution is -0.167. The summed E-state index contributed by atoms with van der Waals surface area (Å²) in [4.78, 5) is 37.9. The molecule has 0 aromatic rings. The highest BCUT2D eigenvalue weighted by molar-refractivity contribution is 5.71. The fraction of sp³-hybridized carbons (Fsp3) is 0.534. The van der Waals surface area contributed by atoms with Gasteiger partial charge in [-0.3, -0.25) is 14.4 Å². The van der Waals surface area contributed by atoms with Crippen molar-refractivity contribution in [1.29, 1.82) is 0 Å². The Labute approximate surface area is 391 Å². The Morgan fingerprint density at radius 3 is 1.22 bits per heavy atom. The lowest BCUT2D eigenvalue weighted by Crippen LogP contribution is -2.30. The zero-order valence-electron chi connectivity index (χ0n) is 40.5. The molecule has 0 saturated heterocycles. The Hall–Kier alpha value is -4.71. The van der Waals surface area contributed by atoms with Gasteiger partial charge < -0.3 is 14.2 Å². The number of hydrogen-bond donors (Lipinski definition) is 0. The molecule has 0 rings (SSSR count). The molecule has 0 bridgehead atoms. The highest BCUT2D eigenvalue weighted by Gasteiger charge is 2.19. The highest BCUT2D eigenvalue weighted by Crippen LogP contribution is 2.11. The van der Waals surface area contributed by atoms with Crippen LogP contribution in [0, 0.1) is 0 Å². The molecule has 0 heterocycles. The van der Waals surface area contributed by atoms with Crippen LogP contribution in [0.1, 0.15) is 181 Å². The van der Waals surface area contributed by atoms with Crippen LogP contribution in [-0.2, 0) is 28.6 Å². The summed E-state index contributed by atoms with van der Waals surface area (Å²) >= 11 is 0. The van der Waals surface area contributed by atoms with Crippen molar-refractivity contribution in [1.82, 2.24) is 0 Å². The van der Waals surface area contributed by atoms with Crippen molar-refractivity contribution in [2.45, 2.75) is 187 Å². The van der Waals surface area contributed by atoms with Gasteiger partial charge in [-0.2, -0.15) is 0 Å². The monoisotopic (exact) mass is 881 g/mol. The van der Waals surface area contributed by atoms with Crippen LogP contribution in [0.4, 0.5) is 0 Å². The average molecular weight is 881 g/mol. The summed E-state index contributed by atoms with van der Waals surface area (Å²) in [7, 11) is 0. The fourth-order valence-electron chi connectivity index (χ4n) is 5.95. The number of carbonyl (C=O) groups is 3. The van der Waals surface area contributed by atoms with Gasteiger partial charge in [-0.25, -0.2) is 0 Å². The summed E-state index contributed by atoms with van der Waals surface area (Å²) in [5, 5.41) is 0. The maximum absolute atomic E-state index is 12.8. The third-order valence-electron chi connectivity index (χ3n) is 9.68. The highest BCUT2D eigenvalue weighted by atomic mass is 16.6. The van der Waals surface area contributed by atoms with Crippen molar-refractivity contribution in [3.63, 3.8) is 0 Å². The lowest BCUT2D eigenvalue weighted by atomic mass is 10.1. The molecule has 0 spiro atoms. The molecule has 6 nitrogen and oxygen atoms in total. The number of allylic oxidation sites excluding steroid dienone is 24. The first kappa shape index (κ1) is 59.3. The van der Waals surface area contributed by atoms with Crippen molar-refractivity contribution < 1.29 is 28.6 Å². The van der Waals surface area contributed by atoms with E-state index in [0.717, 1.165) is 116 Å². The summed E-state index contributed by atoms with van der Waals surface area (Å²) in [6.07, 6.45) is 72.6. The predicted molar refractivity (Wildman–Crippen MR) is 274 cm³/mol. The molecular weight excluding hydrogens is 793 g/mol. The summed E-state index contributed by atoms with van der Waals surface area (Å²) in [6, 6.07) is 0. The molecule has 0 saturated carbocycles. The van der Waals surface area contributed by atoms with Gasteiger partial charge in [0.25, 0.3) is 0 Å². The standard InChI is InChI=1S/C58H88O6/c1-4-7-10-13-16-19-22-24-26-28-30-31-33-36-39-42-45-48-51-57(60)63-54-55(53-62-56(59)50-47-44-41-38-35-21-18-15-12-9-6-3)64-58(61)52-49-46-43-40-37-34-32-29-27-25-23-20-17-14-11-8-5-2/h8,10-11,13,15-22,24-28,30-32,34-35,40,43,55H,4-7,9,12,14,23,29,33,36-39,41-42,44-54H2,1-3H3/b11-8-,13-10-,18-15-,19-16-,20-17-,24-22-,27-25-,28-26-,31-30-,34-32-,35-21-,43-40-. The molecule has 0 aromatic heterocycles. The molecule has 0 radical (unpaired) electrons. The van der Waals surface area contributed by atoms with Crippen LogP contribution in [0.25, 0.3) is 0 Å². The molecule has 64 heavy (non-hydrogen) atoms. The van der Waals surface area contributed by atoms with Crippen molar-refractivity contribution in [2.75, 3.05) is 13.2 Å². The second-order valence-corrected chi connectivity index (χ2v) is 15.8. The molecule has 0 aromatic carbocycles. The Bertz CT molecular complexity index is 1480. The normalized spacial score (nSPS) is 13.4. The first-order valence-electron chi connectivity index (χ1n) is 24.9. The maximum atomic E-state index is 12.8. The predicted octanol–water partition coefficient (Wildman–Crippen LogP) is 16.5. The van der Waals surface area contributed by atoms with E-state index < -0.39 is 6.10 Å². The van der Waals surface area contributed by atoms with Gasteiger partial charge in [0.2, 0.25) is 0 Å². The van der Waals surface area contributed by atoms with Crippen molar-refractivity contribution in [3.05, 3.63) is 146 Å². The fourth-order valence-corrected chi connectivity index (χ4v) is 5.95. The third-order valence-corrected chi connectivity index (χ3v) is 9.68. The van der Waals surface area contributed by atoms with Gasteiger partial charge in [0, 0.05) is 19.3 Å². The first-order chi connectivity index (χ1) is 31.5. The van der Waals surface area contributed by atoms with Crippen LogP contribution in [0.5, 0.6) is 0 Å². The number of hydrogen-bond acceptors (Lipinski definition) is 6. The summed E-state index contributed by atoms with van der Waals surface area (Å²) in [5.74, 6) is -1.05. The number of ether oxygens (including phenoxy) is 3. The molecule has 0 aliphatic rings. The van der Waals surface area contributed by atoms with Crippen LogP contribution in [0.3, 0.4) is 0 Å². The number of rotatable bonds is 42. The van der Waals surface area contributed by atoms with E-state index in [0.29, 0.717) is 19.3 Å². The van der Waals surface area contributed by atoms with E-state index in [-0.39, 0.29) is 37.5 Å². The molecule has 356 valence electrons. The third kappa shape index (κ3) is 48.3. The van der Waals surface area contributed by atoms with Crippen LogP contribution >= 0.6 is 0 Å². The van der Waals surface area contributed by atoms with Gasteiger partial charge in [-0.1, -0.05) is 212 Å². The largest absolute Gasteiger partial charge is 0.462 e. The number of esters is 3. The van der Waals surface area contributed by atoms with Crippen LogP contribution in [-0.4, -0.2) is 37.2 Å². The molecule has 0 amide bonds. The second-order valence-electron chi connectivity index (χ2n) is 15.8. The molecule has 0 fully saturated rings. The number of carbonyl (C=O) groups excluding carboxylic acids is 3. The Balaban J connectivity index is 4.59. The molecule has 6 heteroatoms. The van der Waals surface area contributed by atoms with Gasteiger partial charge in [0.15, 0.2) is 6.10 Å². The SMILES string of the molecule is CC/C=C\C/C=C\C/C=C\C/C=C\C/C=C\CCCC(=O)OC(COC(=O)CCCCC/C=C\C=C/CCCC)COC(=O)CCCCCCC\C=C/C=C\C=C/C=C\C=C/CCC. The van der Waals surface area contributed by atoms with Crippen molar-refractivity contribution >= 4 is 17.9 Å². The van der Waals surface area contributed by atoms with E-state index in [4.69, 9.17) is 14.2 Å². The lowest BCUT2D eigenvalue weighted by Gasteiger charge is -2.18. The zero-order valence-corrected chi connectivity index (χ0v) is 40.5. The summed E-state index contributed by atoms with van der Waals surface area (Å²) in [6.45, 7) is 6.25. The topological polar surface area (TPSA) is 78.9 Å². The van der Waals surface area contributed by atoms with Gasteiger partial charge in [-0.05, 0) is 96.3 Å².